The van der Waals surface area contributed by atoms with Crippen LogP contribution in [0.4, 0.5) is 0 Å². The second kappa shape index (κ2) is 9.72. The summed E-state index contributed by atoms with van der Waals surface area (Å²) >= 11 is 0. The molecule has 7 nitrogen and oxygen atoms in total. The molecule has 180 valence electrons. The van der Waals surface area contributed by atoms with Crippen LogP contribution >= 0.6 is 0 Å². The molecule has 1 aromatic heterocycles. The van der Waals surface area contributed by atoms with Gasteiger partial charge in [0.05, 0.1) is 28.5 Å². The van der Waals surface area contributed by atoms with E-state index in [1.165, 1.54) is 11.6 Å². The van der Waals surface area contributed by atoms with Crippen LogP contribution in [0.3, 0.4) is 0 Å². The standard InChI is InChI=1S/C24H27BN2O5.C2H6/c1-15-10-11-18-17(12-15)13-26-27(22(18)29)21-9-7-8-20(19(21)14-30-16(2)28)25-31-23(3,4)24(5,6)32-25;1-2/h7-13H,14H2,1-6H3;1-2H3. The molecule has 0 atom stereocenters. The van der Waals surface area contributed by atoms with Gasteiger partial charge in [-0.15, -0.1) is 0 Å². The average molecular weight is 464 g/mol. The molecule has 0 bridgehead atoms. The van der Waals surface area contributed by atoms with E-state index in [0.717, 1.165) is 10.9 Å². The summed E-state index contributed by atoms with van der Waals surface area (Å²) in [6.07, 6.45) is 1.67. The molecule has 4 rings (SSSR count). The highest BCUT2D eigenvalue weighted by Gasteiger charge is 2.52. The van der Waals surface area contributed by atoms with Crippen LogP contribution in [0.2, 0.25) is 0 Å². The van der Waals surface area contributed by atoms with E-state index < -0.39 is 24.3 Å². The maximum absolute atomic E-state index is 13.3. The molecule has 0 aliphatic carbocycles. The van der Waals surface area contributed by atoms with Gasteiger partial charge in [-0.25, -0.2) is 0 Å². The lowest BCUT2D eigenvalue weighted by Gasteiger charge is -2.32. The SMILES string of the molecule is CC.CC(=O)OCc1c(B2OC(C)(C)C(C)(C)O2)cccc1-n1ncc2cc(C)ccc2c1=O. The van der Waals surface area contributed by atoms with Crippen molar-refractivity contribution < 1.29 is 18.8 Å². The molecule has 0 unspecified atom stereocenters. The first-order valence-corrected chi connectivity index (χ1v) is 11.6. The van der Waals surface area contributed by atoms with Gasteiger partial charge in [0.15, 0.2) is 0 Å². The fourth-order valence-corrected chi connectivity index (χ4v) is 3.75. The Kier molecular flexibility index (Phi) is 7.34. The van der Waals surface area contributed by atoms with Crippen LogP contribution in [-0.4, -0.2) is 34.1 Å². The number of aryl methyl sites for hydroxylation is 1. The van der Waals surface area contributed by atoms with Crippen molar-refractivity contribution in [3.05, 3.63) is 64.1 Å². The van der Waals surface area contributed by atoms with E-state index in [2.05, 4.69) is 5.10 Å². The quantitative estimate of drug-likeness (QED) is 0.428. The lowest BCUT2D eigenvalue weighted by molar-refractivity contribution is -0.142. The number of esters is 1. The molecule has 1 fully saturated rings. The van der Waals surface area contributed by atoms with Crippen LogP contribution < -0.4 is 11.0 Å². The first kappa shape index (κ1) is 25.7. The van der Waals surface area contributed by atoms with Crippen molar-refractivity contribution in [2.75, 3.05) is 0 Å². The number of hydrogen-bond acceptors (Lipinski definition) is 6. The third-order valence-electron chi connectivity index (χ3n) is 6.28. The third-order valence-corrected chi connectivity index (χ3v) is 6.28. The Labute approximate surface area is 201 Å². The van der Waals surface area contributed by atoms with Gasteiger partial charge in [-0.05, 0) is 58.3 Å². The molecule has 1 aliphatic heterocycles. The van der Waals surface area contributed by atoms with Crippen LogP contribution in [-0.2, 0) is 25.4 Å². The molecule has 34 heavy (non-hydrogen) atoms. The largest absolute Gasteiger partial charge is 0.495 e. The van der Waals surface area contributed by atoms with E-state index in [-0.39, 0.29) is 12.2 Å². The Hall–Kier alpha value is -2.97. The molecule has 0 radical (unpaired) electrons. The van der Waals surface area contributed by atoms with E-state index in [9.17, 15) is 9.59 Å². The van der Waals surface area contributed by atoms with Crippen molar-refractivity contribution >= 4 is 29.3 Å². The normalized spacial score (nSPS) is 16.2. The van der Waals surface area contributed by atoms with Gasteiger partial charge in [0, 0.05) is 17.9 Å². The summed E-state index contributed by atoms with van der Waals surface area (Å²) in [5.41, 5.74) is 1.55. The number of ether oxygens (including phenoxy) is 1. The Morgan fingerprint density at radius 1 is 1.09 bits per heavy atom. The number of nitrogens with zero attached hydrogens (tertiary/aromatic N) is 2. The second-order valence-electron chi connectivity index (χ2n) is 9.17. The highest BCUT2D eigenvalue weighted by molar-refractivity contribution is 6.62. The number of aromatic nitrogens is 2. The van der Waals surface area contributed by atoms with Gasteiger partial charge in [0.25, 0.3) is 5.56 Å². The Balaban J connectivity index is 0.00000158. The highest BCUT2D eigenvalue weighted by atomic mass is 16.7. The minimum atomic E-state index is -0.677. The van der Waals surface area contributed by atoms with Crippen molar-refractivity contribution in [2.24, 2.45) is 0 Å². The van der Waals surface area contributed by atoms with Gasteiger partial charge in [0.1, 0.15) is 6.61 Å². The first-order valence-electron chi connectivity index (χ1n) is 11.6. The van der Waals surface area contributed by atoms with E-state index in [1.807, 2.05) is 72.7 Å². The van der Waals surface area contributed by atoms with Crippen molar-refractivity contribution in [1.82, 2.24) is 9.78 Å². The lowest BCUT2D eigenvalue weighted by atomic mass is 9.75. The maximum atomic E-state index is 13.3. The van der Waals surface area contributed by atoms with Crippen molar-refractivity contribution in [3.8, 4) is 5.69 Å². The zero-order valence-electron chi connectivity index (χ0n) is 21.3. The number of rotatable bonds is 4. The molecule has 1 saturated heterocycles. The summed E-state index contributed by atoms with van der Waals surface area (Å²) in [4.78, 5) is 24.9. The fourth-order valence-electron chi connectivity index (χ4n) is 3.75. The van der Waals surface area contributed by atoms with Gasteiger partial charge in [-0.1, -0.05) is 37.6 Å². The second-order valence-corrected chi connectivity index (χ2v) is 9.17. The average Bonchev–Trinajstić information content (AvgIpc) is 3.00. The zero-order valence-corrected chi connectivity index (χ0v) is 21.3. The van der Waals surface area contributed by atoms with Crippen LogP contribution in [0.1, 0.15) is 59.6 Å². The van der Waals surface area contributed by atoms with Crippen LogP contribution in [0.25, 0.3) is 16.5 Å². The minimum absolute atomic E-state index is 0.0367. The number of hydrogen-bond donors (Lipinski definition) is 0. The summed E-state index contributed by atoms with van der Waals surface area (Å²) < 4.78 is 19.1. The van der Waals surface area contributed by atoms with Gasteiger partial charge in [-0.3, -0.25) is 9.59 Å². The lowest BCUT2D eigenvalue weighted by Crippen LogP contribution is -2.41. The van der Waals surface area contributed by atoms with E-state index in [1.54, 1.807) is 18.3 Å². The predicted molar refractivity (Wildman–Crippen MR) is 135 cm³/mol. The Morgan fingerprint density at radius 2 is 1.74 bits per heavy atom. The predicted octanol–water partition coefficient (Wildman–Crippen LogP) is 4.08. The minimum Gasteiger partial charge on any atom is -0.461 e. The van der Waals surface area contributed by atoms with E-state index >= 15 is 0 Å². The molecule has 3 aromatic rings. The number of carbonyl (C=O) groups is 1. The molecule has 0 saturated carbocycles. The summed E-state index contributed by atoms with van der Waals surface area (Å²) in [6.45, 7) is 15.2. The highest BCUT2D eigenvalue weighted by Crippen LogP contribution is 2.37. The first-order chi connectivity index (χ1) is 16.0. The van der Waals surface area contributed by atoms with Gasteiger partial charge < -0.3 is 14.0 Å². The molecule has 0 N–H and O–H groups in total. The fraction of sp³-hybridized carbons (Fsp3) is 0.423. The summed E-state index contributed by atoms with van der Waals surface area (Å²) in [6, 6.07) is 11.1. The molecule has 2 heterocycles. The molecular weight excluding hydrogens is 431 g/mol. The smallest absolute Gasteiger partial charge is 0.461 e. The van der Waals surface area contributed by atoms with Gasteiger partial charge >= 0.3 is 13.1 Å². The molecule has 0 spiro atoms. The van der Waals surface area contributed by atoms with Crippen molar-refractivity contribution in [2.45, 2.75) is 73.2 Å². The molecule has 2 aromatic carbocycles. The monoisotopic (exact) mass is 464 g/mol. The zero-order chi connectivity index (χ0) is 25.3. The van der Waals surface area contributed by atoms with Crippen LogP contribution in [0.5, 0.6) is 0 Å². The third kappa shape index (κ3) is 4.79. The molecule has 1 aliphatic rings. The van der Waals surface area contributed by atoms with Gasteiger partial charge in [-0.2, -0.15) is 9.78 Å². The number of carbonyl (C=O) groups excluding carboxylic acids is 1. The molecule has 0 amide bonds. The Bertz CT molecular complexity index is 1250. The summed E-state index contributed by atoms with van der Waals surface area (Å²) in [7, 11) is -0.677. The molecular formula is C26H33BN2O5. The van der Waals surface area contributed by atoms with Crippen LogP contribution in [0.15, 0.2) is 47.4 Å². The summed E-state index contributed by atoms with van der Waals surface area (Å²) in [5, 5.41) is 5.75. The van der Waals surface area contributed by atoms with Crippen LogP contribution in [0, 0.1) is 6.92 Å². The number of fused-ring (bicyclic) bond motifs is 1. The van der Waals surface area contributed by atoms with E-state index in [4.69, 9.17) is 14.0 Å². The molecule has 8 heteroatoms. The van der Waals surface area contributed by atoms with Gasteiger partial charge in [0.2, 0.25) is 0 Å². The maximum Gasteiger partial charge on any atom is 0.495 e. The van der Waals surface area contributed by atoms with Crippen molar-refractivity contribution in [3.63, 3.8) is 0 Å². The topological polar surface area (TPSA) is 79.7 Å². The van der Waals surface area contributed by atoms with Crippen molar-refractivity contribution in [1.29, 1.82) is 0 Å². The van der Waals surface area contributed by atoms with E-state index in [0.29, 0.717) is 22.1 Å². The summed E-state index contributed by atoms with van der Waals surface area (Å²) in [5.74, 6) is -0.422. The number of benzene rings is 2. The Morgan fingerprint density at radius 3 is 2.35 bits per heavy atom.